The van der Waals surface area contributed by atoms with Gasteiger partial charge in [0, 0.05) is 12.6 Å². The molecule has 1 N–H and O–H groups in total. The summed E-state index contributed by atoms with van der Waals surface area (Å²) in [6.07, 6.45) is 4.79. The first-order chi connectivity index (χ1) is 11.3. The zero-order chi connectivity index (χ0) is 15.7. The number of fused-ring (bicyclic) bond motifs is 1. The fourth-order valence-corrected chi connectivity index (χ4v) is 3.89. The van der Waals surface area contributed by atoms with Gasteiger partial charge in [0.2, 0.25) is 11.7 Å². The van der Waals surface area contributed by atoms with E-state index in [1.165, 1.54) is 31.4 Å². The van der Waals surface area contributed by atoms with Gasteiger partial charge in [-0.25, -0.2) is 4.39 Å². The summed E-state index contributed by atoms with van der Waals surface area (Å²) in [5.41, 5.74) is -0.0116. The first kappa shape index (κ1) is 14.6. The number of benzene rings is 1. The lowest BCUT2D eigenvalue weighted by Gasteiger charge is -2.35. The maximum atomic E-state index is 13.1. The van der Waals surface area contributed by atoms with Crippen molar-refractivity contribution in [3.8, 4) is 5.75 Å². The zero-order valence-electron chi connectivity index (χ0n) is 12.9. The molecule has 0 spiro atoms. The van der Waals surface area contributed by atoms with E-state index in [-0.39, 0.29) is 17.8 Å². The Kier molecular flexibility index (Phi) is 3.77. The minimum absolute atomic E-state index is 0.0116. The first-order valence-corrected chi connectivity index (χ1v) is 8.18. The molecular formula is C17H20FN3O2. The fourth-order valence-electron chi connectivity index (χ4n) is 3.89. The van der Waals surface area contributed by atoms with Crippen molar-refractivity contribution in [3.05, 3.63) is 41.8 Å². The third kappa shape index (κ3) is 2.72. The SMILES string of the molecule is Fc1cccc(OCc2noc([C@@]34CCCC[C@H]3CNC4)n2)c1. The predicted octanol–water partition coefficient (Wildman–Crippen LogP) is 2.82. The van der Waals surface area contributed by atoms with Crippen LogP contribution in [0.1, 0.15) is 37.4 Å². The van der Waals surface area contributed by atoms with Crippen LogP contribution in [0.2, 0.25) is 0 Å². The molecule has 1 aromatic heterocycles. The van der Waals surface area contributed by atoms with E-state index in [4.69, 9.17) is 9.26 Å². The molecular weight excluding hydrogens is 297 g/mol. The van der Waals surface area contributed by atoms with Crippen molar-refractivity contribution in [2.45, 2.75) is 37.7 Å². The second kappa shape index (κ2) is 5.92. The van der Waals surface area contributed by atoms with Gasteiger partial charge in [-0.3, -0.25) is 0 Å². The van der Waals surface area contributed by atoms with Gasteiger partial charge in [-0.2, -0.15) is 4.98 Å². The summed E-state index contributed by atoms with van der Waals surface area (Å²) in [5.74, 6) is 1.96. The molecule has 1 saturated heterocycles. The minimum Gasteiger partial charge on any atom is -0.485 e. The Morgan fingerprint density at radius 3 is 3.26 bits per heavy atom. The van der Waals surface area contributed by atoms with Crippen molar-refractivity contribution >= 4 is 0 Å². The molecule has 6 heteroatoms. The number of rotatable bonds is 4. The number of aromatic nitrogens is 2. The lowest BCUT2D eigenvalue weighted by molar-refractivity contribution is 0.181. The van der Waals surface area contributed by atoms with Gasteiger partial charge in [0.05, 0.1) is 5.41 Å². The molecule has 2 aromatic rings. The van der Waals surface area contributed by atoms with Crippen LogP contribution in [0.25, 0.3) is 0 Å². The smallest absolute Gasteiger partial charge is 0.234 e. The Bertz CT molecular complexity index is 690. The Labute approximate surface area is 134 Å². The molecule has 0 amide bonds. The topological polar surface area (TPSA) is 60.2 Å². The lowest BCUT2D eigenvalue weighted by atomic mass is 9.68. The molecule has 2 atom stereocenters. The predicted molar refractivity (Wildman–Crippen MR) is 81.5 cm³/mol. The van der Waals surface area contributed by atoms with E-state index in [9.17, 15) is 4.39 Å². The summed E-state index contributed by atoms with van der Waals surface area (Å²) in [5, 5.41) is 7.53. The molecule has 0 radical (unpaired) electrons. The van der Waals surface area contributed by atoms with Crippen LogP contribution in [-0.2, 0) is 12.0 Å². The van der Waals surface area contributed by atoms with Gasteiger partial charge in [0.1, 0.15) is 11.6 Å². The average Bonchev–Trinajstić information content (AvgIpc) is 3.20. The quantitative estimate of drug-likeness (QED) is 0.939. The van der Waals surface area contributed by atoms with Crippen molar-refractivity contribution in [1.82, 2.24) is 15.5 Å². The molecule has 23 heavy (non-hydrogen) atoms. The van der Waals surface area contributed by atoms with Crippen molar-refractivity contribution in [2.24, 2.45) is 5.92 Å². The number of ether oxygens (including phenoxy) is 1. The highest BCUT2D eigenvalue weighted by Crippen LogP contribution is 2.45. The van der Waals surface area contributed by atoms with Crippen LogP contribution < -0.4 is 10.1 Å². The fraction of sp³-hybridized carbons (Fsp3) is 0.529. The molecule has 0 bridgehead atoms. The second-order valence-corrected chi connectivity index (χ2v) is 6.49. The highest BCUT2D eigenvalue weighted by Gasteiger charge is 2.49. The molecule has 2 fully saturated rings. The number of hydrogen-bond acceptors (Lipinski definition) is 5. The largest absolute Gasteiger partial charge is 0.485 e. The Hall–Kier alpha value is -1.95. The van der Waals surface area contributed by atoms with E-state index in [0.717, 1.165) is 25.4 Å². The maximum Gasteiger partial charge on any atom is 0.234 e. The van der Waals surface area contributed by atoms with E-state index in [0.29, 0.717) is 17.5 Å². The summed E-state index contributed by atoms with van der Waals surface area (Å²) in [7, 11) is 0. The van der Waals surface area contributed by atoms with Gasteiger partial charge < -0.3 is 14.6 Å². The van der Waals surface area contributed by atoms with Gasteiger partial charge >= 0.3 is 0 Å². The van der Waals surface area contributed by atoms with Crippen LogP contribution in [0.5, 0.6) is 5.75 Å². The number of halogens is 1. The summed E-state index contributed by atoms with van der Waals surface area (Å²) >= 11 is 0. The standard InChI is InChI=1S/C17H20FN3O2/c18-13-5-3-6-14(8-13)22-10-15-20-16(23-21-15)17-7-2-1-4-12(17)9-19-11-17/h3,5-6,8,12,19H,1-2,4,7,9-11H2/t12-,17+/m0/s1. The normalized spacial score (nSPS) is 26.9. The van der Waals surface area contributed by atoms with Crippen LogP contribution in [0.3, 0.4) is 0 Å². The molecule has 1 aliphatic heterocycles. The summed E-state index contributed by atoms with van der Waals surface area (Å²) in [4.78, 5) is 4.57. The van der Waals surface area contributed by atoms with Gasteiger partial charge in [-0.1, -0.05) is 24.1 Å². The molecule has 122 valence electrons. The molecule has 2 aliphatic rings. The third-order valence-electron chi connectivity index (χ3n) is 5.10. The highest BCUT2D eigenvalue weighted by molar-refractivity contribution is 5.22. The van der Waals surface area contributed by atoms with E-state index >= 15 is 0 Å². The molecule has 4 rings (SSSR count). The van der Waals surface area contributed by atoms with Gasteiger partial charge in [0.15, 0.2) is 6.61 Å². The molecule has 2 heterocycles. The van der Waals surface area contributed by atoms with Crippen LogP contribution in [-0.4, -0.2) is 23.2 Å². The minimum atomic E-state index is -0.322. The van der Waals surface area contributed by atoms with Crippen LogP contribution >= 0.6 is 0 Å². The lowest BCUT2D eigenvalue weighted by Crippen LogP contribution is -2.38. The highest BCUT2D eigenvalue weighted by atomic mass is 19.1. The van der Waals surface area contributed by atoms with E-state index in [2.05, 4.69) is 15.5 Å². The van der Waals surface area contributed by atoms with E-state index in [1.807, 2.05) is 0 Å². The van der Waals surface area contributed by atoms with Crippen molar-refractivity contribution in [2.75, 3.05) is 13.1 Å². The Morgan fingerprint density at radius 2 is 2.35 bits per heavy atom. The molecule has 0 unspecified atom stereocenters. The summed E-state index contributed by atoms with van der Waals surface area (Å²) in [6, 6.07) is 6.05. The van der Waals surface area contributed by atoms with Gasteiger partial charge in [0.25, 0.3) is 0 Å². The third-order valence-corrected chi connectivity index (χ3v) is 5.10. The van der Waals surface area contributed by atoms with Crippen LogP contribution in [0, 0.1) is 11.7 Å². The maximum absolute atomic E-state index is 13.1. The molecule has 1 aliphatic carbocycles. The van der Waals surface area contributed by atoms with E-state index < -0.39 is 0 Å². The van der Waals surface area contributed by atoms with Crippen LogP contribution in [0.15, 0.2) is 28.8 Å². The summed E-state index contributed by atoms with van der Waals surface area (Å²) in [6.45, 7) is 2.11. The molecule has 1 aromatic carbocycles. The van der Waals surface area contributed by atoms with Crippen molar-refractivity contribution in [1.29, 1.82) is 0 Å². The van der Waals surface area contributed by atoms with E-state index in [1.54, 1.807) is 12.1 Å². The Balaban J connectivity index is 1.48. The molecule has 1 saturated carbocycles. The Morgan fingerprint density at radius 1 is 1.39 bits per heavy atom. The average molecular weight is 317 g/mol. The number of nitrogens with zero attached hydrogens (tertiary/aromatic N) is 2. The van der Waals surface area contributed by atoms with Gasteiger partial charge in [-0.15, -0.1) is 0 Å². The van der Waals surface area contributed by atoms with Crippen LogP contribution in [0.4, 0.5) is 4.39 Å². The second-order valence-electron chi connectivity index (χ2n) is 6.49. The van der Waals surface area contributed by atoms with Crippen molar-refractivity contribution < 1.29 is 13.7 Å². The van der Waals surface area contributed by atoms with Gasteiger partial charge in [-0.05, 0) is 37.4 Å². The first-order valence-electron chi connectivity index (χ1n) is 8.18. The summed E-state index contributed by atoms with van der Waals surface area (Å²) < 4.78 is 24.3. The monoisotopic (exact) mass is 317 g/mol. The van der Waals surface area contributed by atoms with Crippen molar-refractivity contribution in [3.63, 3.8) is 0 Å². The number of nitrogens with one attached hydrogen (secondary N) is 1. The number of hydrogen-bond donors (Lipinski definition) is 1. The molecule has 5 nitrogen and oxygen atoms in total. The zero-order valence-corrected chi connectivity index (χ0v) is 12.9.